The van der Waals surface area contributed by atoms with Crippen molar-refractivity contribution in [2.75, 3.05) is 13.1 Å². The maximum atomic E-state index is 15.4. The highest BCUT2D eigenvalue weighted by Crippen LogP contribution is 2.25. The molecule has 632 valence electrons. The normalized spacial score (nSPS) is 14.7. The fraction of sp³-hybridized carbons (Fsp3) is 0.455. The molecule has 25 N–H and O–H groups in total. The minimum Gasteiger partial charge on any atom is -0.481 e. The van der Waals surface area contributed by atoms with Crippen LogP contribution < -0.4 is 92.5 Å². The summed E-state index contributed by atoms with van der Waals surface area (Å²) >= 11 is 9.13. The number of aliphatic hydroxyl groups excluding tert-OH is 1. The van der Waals surface area contributed by atoms with Crippen molar-refractivity contribution in [3.63, 3.8) is 0 Å². The van der Waals surface area contributed by atoms with Crippen molar-refractivity contribution < 1.29 is 91.7 Å². The number of aromatic amines is 1. The number of benzene rings is 4. The molecule has 0 aliphatic rings. The summed E-state index contributed by atoms with van der Waals surface area (Å²) in [5.74, 6) is -18.3. The molecule has 38 nitrogen and oxygen atoms in total. The fourth-order valence-corrected chi connectivity index (χ4v) is 12.6. The highest BCUT2D eigenvalue weighted by Gasteiger charge is 2.44. The number of hydrogen-bond acceptors (Lipinski definition) is 22. The molecule has 12 atom stereocenters. The number of thiol groups is 2. The number of H-pyrrole nitrogens is 1. The number of fused-ring (bicyclic) bond motifs is 2. The summed E-state index contributed by atoms with van der Waals surface area (Å²) in [6.07, 6.45) is -6.00. The number of nitrogens with one attached hydrogen (secondary N) is 13. The van der Waals surface area contributed by atoms with Crippen LogP contribution in [-0.2, 0) is 101 Å². The average Bonchev–Trinajstić information content (AvgIpc) is 1.40. The zero-order valence-corrected chi connectivity index (χ0v) is 67.3. The Kier molecular flexibility index (Phi) is 35.9. The van der Waals surface area contributed by atoms with Gasteiger partial charge < -0.3 is 108 Å². The number of aliphatic hydroxyl groups is 1. The van der Waals surface area contributed by atoms with E-state index in [1.165, 1.54) is 65.1 Å². The van der Waals surface area contributed by atoms with E-state index in [2.05, 4.69) is 81.4 Å². The number of hydrogen-bond donors (Lipinski definition) is 22. The van der Waals surface area contributed by atoms with Gasteiger partial charge in [0.05, 0.1) is 30.7 Å². The number of carboxylic acid groups (broad SMARTS) is 1. The first-order valence-corrected chi connectivity index (χ1v) is 38.0. The molecule has 0 unspecified atom stereocenters. The highest BCUT2D eigenvalue weighted by atomic mass is 32.1. The Balaban J connectivity index is 1.54. The van der Waals surface area contributed by atoms with E-state index in [4.69, 9.17) is 41.3 Å². The molecule has 0 aliphatic carbocycles. The van der Waals surface area contributed by atoms with Gasteiger partial charge in [0.1, 0.15) is 66.0 Å². The third-order valence-electron chi connectivity index (χ3n) is 18.6. The molecule has 0 bridgehead atoms. The number of rotatable bonds is 47. The van der Waals surface area contributed by atoms with Crippen molar-refractivity contribution >= 4 is 147 Å². The van der Waals surface area contributed by atoms with E-state index in [1.54, 1.807) is 60.7 Å². The van der Waals surface area contributed by atoms with Gasteiger partial charge in [-0.05, 0) is 126 Å². The predicted molar refractivity (Wildman–Crippen MR) is 432 cm³/mol. The second-order valence-electron chi connectivity index (χ2n) is 29.5. The Bertz CT molecular complexity index is 4540. The molecule has 117 heavy (non-hydrogen) atoms. The molecule has 1 heterocycles. The van der Waals surface area contributed by atoms with Gasteiger partial charge >= 0.3 is 5.97 Å². The number of nitrogens with zero attached hydrogens (tertiary/aromatic N) is 1. The zero-order valence-electron chi connectivity index (χ0n) is 65.6. The number of amides is 16. The van der Waals surface area contributed by atoms with Crippen molar-refractivity contribution in [2.45, 2.75) is 207 Å². The summed E-state index contributed by atoms with van der Waals surface area (Å²) in [6.45, 7) is 8.47. The predicted octanol–water partition coefficient (Wildman–Crippen LogP) is -3.63. The Morgan fingerprint density at radius 1 is 0.504 bits per heavy atom. The van der Waals surface area contributed by atoms with Crippen LogP contribution in [0.1, 0.15) is 129 Å². The van der Waals surface area contributed by atoms with Gasteiger partial charge in [-0.1, -0.05) is 72.8 Å². The summed E-state index contributed by atoms with van der Waals surface area (Å²) in [5, 5.41) is 62.4. The lowest BCUT2D eigenvalue weighted by Gasteiger charge is -2.34. The standard InChI is InChI=1S/C77H103N19O19S2/c1-39(97)61(94-66(107)49(23-26-56(80)99)88-72(113)62(75(3,4)116)86-40(2)98)71(112)91-54(34-46-37-84-48-16-11-10-15-47(46)48)69(110)87-50(24-27-57(81)100)67(108)95-63(76(5,6)117)73(114)92-52(32-41-17-19-42(36-79)20-18-41)68(109)89-53(33-43-21-22-44-13-8-9-14-45(44)31-43)70(111)96-77(7,29-12-30-78)74(115)93-51(25-28-60(103)104)65(106)90-55(35-58(82)101)64(105)85-38-59(83)102/h8-11,13-22,31,37,39,49-55,61-63,84,97,116-117H,12,23-30,32-35,38,78H2,1-7H3,(H2,80,99)(H2,81,100)(H2,82,101)(H2,83,102)(H,85,105)(H,86,98)(H,87,110)(H,88,113)(H,89,109)(H,90,106)(H,91,112)(H,92,114)(H,93,115)(H,94,107)(H,95,108)(H,96,111)(H,103,104)/t39-,49+,50+,51+,52+,53+,54+,55+,61+,62-,63-,77+/m1/s1. The van der Waals surface area contributed by atoms with Crippen LogP contribution in [0, 0.1) is 11.3 Å². The summed E-state index contributed by atoms with van der Waals surface area (Å²) in [5.41, 5.74) is 27.4. The molecule has 16 amide bonds. The molecule has 4 aromatic carbocycles. The number of para-hydroxylation sites is 1. The van der Waals surface area contributed by atoms with Crippen LogP contribution in [0.5, 0.6) is 0 Å². The van der Waals surface area contributed by atoms with E-state index in [0.29, 0.717) is 33.0 Å². The van der Waals surface area contributed by atoms with Crippen molar-refractivity contribution in [1.82, 2.24) is 68.8 Å². The van der Waals surface area contributed by atoms with E-state index >= 15 is 24.0 Å². The van der Waals surface area contributed by atoms with Crippen LogP contribution in [0.3, 0.4) is 0 Å². The third-order valence-corrected chi connectivity index (χ3v) is 19.1. The number of aromatic nitrogens is 1. The second kappa shape index (κ2) is 44.0. The van der Waals surface area contributed by atoms with Crippen molar-refractivity contribution in [1.29, 1.82) is 5.26 Å². The van der Waals surface area contributed by atoms with Crippen molar-refractivity contribution in [2.24, 2.45) is 28.7 Å². The van der Waals surface area contributed by atoms with E-state index in [-0.39, 0.29) is 37.8 Å². The van der Waals surface area contributed by atoms with Crippen LogP contribution in [-0.4, -0.2) is 210 Å². The molecule has 1 aromatic heterocycles. The first-order valence-electron chi connectivity index (χ1n) is 37.1. The monoisotopic (exact) mass is 1660 g/mol. The van der Waals surface area contributed by atoms with E-state index in [0.717, 1.165) is 19.2 Å². The van der Waals surface area contributed by atoms with Crippen LogP contribution in [0.2, 0.25) is 0 Å². The van der Waals surface area contributed by atoms with Gasteiger partial charge in [0.15, 0.2) is 0 Å². The molecular formula is C77H103N19O19S2. The molecule has 0 radical (unpaired) electrons. The largest absolute Gasteiger partial charge is 0.481 e. The van der Waals surface area contributed by atoms with E-state index in [9.17, 15) is 73.0 Å². The Morgan fingerprint density at radius 3 is 1.52 bits per heavy atom. The minimum atomic E-state index is -2.10. The fourth-order valence-electron chi connectivity index (χ4n) is 12.2. The highest BCUT2D eigenvalue weighted by molar-refractivity contribution is 7.82. The first-order chi connectivity index (χ1) is 54.8. The van der Waals surface area contributed by atoms with E-state index < -0.39 is 240 Å². The quantitative estimate of drug-likeness (QED) is 0.0167. The smallest absolute Gasteiger partial charge is 0.303 e. The molecule has 5 aromatic rings. The van der Waals surface area contributed by atoms with E-state index in [1.807, 2.05) is 12.1 Å². The average molecular weight is 1660 g/mol. The SMILES string of the molecule is CC(=O)N[C@H](C(=O)N[C@@H](CCC(N)=O)C(=O)N[C@H](C(=O)N[C@@H](Cc1c[nH]c2ccccc12)C(=O)N[C@@H](CCC(N)=O)C(=O)N[C@H](C(=O)N[C@@H](Cc1ccc(C#N)cc1)C(=O)N[C@@H](Cc1ccc2ccccc2c1)C(=O)N[C@@](C)(CCCN)C(=O)N[C@@H](CCC(=O)O)C(=O)N[C@@H](CC(N)=O)C(=O)NCC(N)=O)C(C)(C)S)[C@@H](C)O)C(C)(C)S. The summed E-state index contributed by atoms with van der Waals surface area (Å²) < 4.78 is -2.87. The van der Waals surface area contributed by atoms with Crippen molar-refractivity contribution in [3.05, 3.63) is 119 Å². The number of primary amides is 4. The van der Waals surface area contributed by atoms with Gasteiger partial charge in [-0.25, -0.2) is 0 Å². The number of carboxylic acids is 1. The molecular weight excluding hydrogens is 1560 g/mol. The van der Waals surface area contributed by atoms with Crippen LogP contribution in [0.15, 0.2) is 97.2 Å². The van der Waals surface area contributed by atoms with Gasteiger partial charge in [0.25, 0.3) is 0 Å². The molecule has 0 spiro atoms. The molecule has 40 heteroatoms. The topological polar surface area (TPSA) is 645 Å². The lowest BCUT2D eigenvalue weighted by atomic mass is 9.92. The third kappa shape index (κ3) is 30.5. The minimum absolute atomic E-state index is 0.00384. The van der Waals surface area contributed by atoms with Gasteiger partial charge in [0, 0.05) is 72.0 Å². The zero-order chi connectivity index (χ0) is 87.4. The maximum Gasteiger partial charge on any atom is 0.303 e. The number of nitriles is 1. The Labute approximate surface area is 684 Å². The first kappa shape index (κ1) is 95.4. The summed E-state index contributed by atoms with van der Waals surface area (Å²) in [6, 6.07) is 9.46. The van der Waals surface area contributed by atoms with Crippen LogP contribution in [0.4, 0.5) is 0 Å². The lowest BCUT2D eigenvalue weighted by Crippen LogP contribution is -2.65. The van der Waals surface area contributed by atoms with Crippen molar-refractivity contribution in [3.8, 4) is 6.07 Å². The lowest BCUT2D eigenvalue weighted by molar-refractivity contribution is -0.140. The molecule has 5 rings (SSSR count). The molecule has 0 fully saturated rings. The molecule has 0 aliphatic heterocycles. The second-order valence-corrected chi connectivity index (χ2v) is 31.8. The number of aliphatic carboxylic acids is 1. The molecule has 0 saturated heterocycles. The van der Waals surface area contributed by atoms with Gasteiger partial charge in [-0.15, -0.1) is 0 Å². The number of nitrogens with two attached hydrogens (primary N) is 5. The number of carbonyl (C=O) groups excluding carboxylic acids is 16. The van der Waals surface area contributed by atoms with Gasteiger partial charge in [0.2, 0.25) is 94.5 Å². The maximum absolute atomic E-state index is 15.4. The van der Waals surface area contributed by atoms with Crippen LogP contribution >= 0.6 is 25.3 Å². The Morgan fingerprint density at radius 2 is 0.974 bits per heavy atom. The van der Waals surface area contributed by atoms with Crippen LogP contribution in [0.25, 0.3) is 21.7 Å². The van der Waals surface area contributed by atoms with Gasteiger partial charge in [-0.3, -0.25) is 81.5 Å². The van der Waals surface area contributed by atoms with Gasteiger partial charge in [-0.2, -0.15) is 30.5 Å². The summed E-state index contributed by atoms with van der Waals surface area (Å²) in [4.78, 5) is 236. The number of carbonyl (C=O) groups is 17. The summed E-state index contributed by atoms with van der Waals surface area (Å²) in [7, 11) is 0. The molecule has 0 saturated carbocycles. The Hall–Kier alpha value is -12.2.